The second-order valence-corrected chi connectivity index (χ2v) is 3.30. The van der Waals surface area contributed by atoms with Crippen LogP contribution in [0.3, 0.4) is 0 Å². The highest BCUT2D eigenvalue weighted by Gasteiger charge is 2.32. The van der Waals surface area contributed by atoms with E-state index < -0.39 is 23.5 Å². The van der Waals surface area contributed by atoms with Gasteiger partial charge in [0.05, 0.1) is 7.11 Å². The summed E-state index contributed by atoms with van der Waals surface area (Å²) in [5.74, 6) is -3.21. The van der Waals surface area contributed by atoms with E-state index in [1.807, 2.05) is 0 Å². The Kier molecular flexibility index (Phi) is 3.94. The zero-order chi connectivity index (χ0) is 12.1. The predicted octanol–water partition coefficient (Wildman–Crippen LogP) is 1.25. The van der Waals surface area contributed by atoms with Crippen LogP contribution in [0.5, 0.6) is 0 Å². The summed E-state index contributed by atoms with van der Waals surface area (Å²) in [5, 5.41) is 0. The molecule has 0 aliphatic rings. The van der Waals surface area contributed by atoms with Crippen molar-refractivity contribution in [2.45, 2.75) is 6.92 Å². The Labute approximate surface area is 93.2 Å². The fourth-order valence-electron chi connectivity index (χ4n) is 1.34. The highest BCUT2D eigenvalue weighted by atomic mass is 16.5. The highest BCUT2D eigenvalue weighted by molar-refractivity contribution is 6.21. The van der Waals surface area contributed by atoms with Crippen molar-refractivity contribution in [1.82, 2.24) is 0 Å². The molecule has 16 heavy (non-hydrogen) atoms. The standard InChI is InChI=1S/C12H12O4/c1-8(13)10(12(15)16-2)11(14)9-6-4-3-5-7-9/h3-7,10H,1-2H3. The maximum atomic E-state index is 11.9. The van der Waals surface area contributed by atoms with Crippen molar-refractivity contribution < 1.29 is 19.1 Å². The Morgan fingerprint density at radius 1 is 1.12 bits per heavy atom. The first kappa shape index (κ1) is 12.1. The van der Waals surface area contributed by atoms with Gasteiger partial charge in [-0.2, -0.15) is 0 Å². The second kappa shape index (κ2) is 5.21. The van der Waals surface area contributed by atoms with E-state index in [0.717, 1.165) is 7.11 Å². The van der Waals surface area contributed by atoms with Gasteiger partial charge < -0.3 is 4.74 Å². The summed E-state index contributed by atoms with van der Waals surface area (Å²) >= 11 is 0. The Morgan fingerprint density at radius 2 is 1.69 bits per heavy atom. The minimum Gasteiger partial charge on any atom is -0.468 e. The molecule has 0 N–H and O–H groups in total. The molecule has 4 nitrogen and oxygen atoms in total. The zero-order valence-electron chi connectivity index (χ0n) is 9.10. The van der Waals surface area contributed by atoms with Crippen LogP contribution in [-0.4, -0.2) is 24.6 Å². The molecule has 1 aromatic rings. The van der Waals surface area contributed by atoms with Crippen LogP contribution in [0.1, 0.15) is 17.3 Å². The SMILES string of the molecule is COC(=O)C(C(C)=O)C(=O)c1ccccc1. The number of ether oxygens (including phenoxy) is 1. The fraction of sp³-hybridized carbons (Fsp3) is 0.250. The number of ketones is 2. The molecule has 0 heterocycles. The lowest BCUT2D eigenvalue weighted by Crippen LogP contribution is -2.31. The molecule has 0 amide bonds. The molecule has 0 spiro atoms. The number of rotatable bonds is 4. The summed E-state index contributed by atoms with van der Waals surface area (Å²) in [5.41, 5.74) is 0.327. The van der Waals surface area contributed by atoms with Crippen LogP contribution >= 0.6 is 0 Å². The summed E-state index contributed by atoms with van der Waals surface area (Å²) in [4.78, 5) is 34.4. The largest absolute Gasteiger partial charge is 0.468 e. The molecule has 0 saturated heterocycles. The van der Waals surface area contributed by atoms with E-state index in [9.17, 15) is 14.4 Å². The lowest BCUT2D eigenvalue weighted by molar-refractivity contribution is -0.146. The number of carbonyl (C=O) groups excluding carboxylic acids is 3. The summed E-state index contributed by atoms with van der Waals surface area (Å²) in [7, 11) is 1.15. The monoisotopic (exact) mass is 220 g/mol. The van der Waals surface area contributed by atoms with Gasteiger partial charge in [0.2, 0.25) is 0 Å². The molecule has 0 radical (unpaired) electrons. The van der Waals surface area contributed by atoms with Crippen LogP contribution in [0.2, 0.25) is 0 Å². The Morgan fingerprint density at radius 3 is 2.12 bits per heavy atom. The molecule has 1 aromatic carbocycles. The first-order valence-electron chi connectivity index (χ1n) is 4.75. The Balaban J connectivity index is 3.02. The van der Waals surface area contributed by atoms with Gasteiger partial charge in [-0.3, -0.25) is 14.4 Å². The second-order valence-electron chi connectivity index (χ2n) is 3.30. The van der Waals surface area contributed by atoms with Crippen LogP contribution in [0.15, 0.2) is 30.3 Å². The van der Waals surface area contributed by atoms with Gasteiger partial charge in [0.15, 0.2) is 17.5 Å². The minimum atomic E-state index is -1.35. The van der Waals surface area contributed by atoms with Crippen LogP contribution < -0.4 is 0 Å². The van der Waals surface area contributed by atoms with Gasteiger partial charge in [-0.15, -0.1) is 0 Å². The van der Waals surface area contributed by atoms with E-state index >= 15 is 0 Å². The number of hydrogen-bond donors (Lipinski definition) is 0. The lowest BCUT2D eigenvalue weighted by Gasteiger charge is -2.09. The molecular formula is C12H12O4. The number of carbonyl (C=O) groups is 3. The van der Waals surface area contributed by atoms with Crippen LogP contribution in [0, 0.1) is 5.92 Å². The molecule has 1 atom stereocenters. The molecule has 0 saturated carbocycles. The maximum Gasteiger partial charge on any atom is 0.324 e. The van der Waals surface area contributed by atoms with Gasteiger partial charge in [-0.25, -0.2) is 0 Å². The third-order valence-corrected chi connectivity index (χ3v) is 2.16. The fourth-order valence-corrected chi connectivity index (χ4v) is 1.34. The average molecular weight is 220 g/mol. The maximum absolute atomic E-state index is 11.9. The summed E-state index contributed by atoms with van der Waals surface area (Å²) in [6.07, 6.45) is 0. The summed E-state index contributed by atoms with van der Waals surface area (Å²) in [6.45, 7) is 1.20. The topological polar surface area (TPSA) is 60.4 Å². The van der Waals surface area contributed by atoms with Crippen LogP contribution in [-0.2, 0) is 14.3 Å². The van der Waals surface area contributed by atoms with Crippen LogP contribution in [0.4, 0.5) is 0 Å². The van der Waals surface area contributed by atoms with E-state index in [2.05, 4.69) is 4.74 Å². The Hall–Kier alpha value is -1.97. The van der Waals surface area contributed by atoms with Gasteiger partial charge in [0.25, 0.3) is 0 Å². The number of methoxy groups -OCH3 is 1. The van der Waals surface area contributed by atoms with E-state index in [4.69, 9.17) is 0 Å². The van der Waals surface area contributed by atoms with Crippen molar-refractivity contribution in [2.24, 2.45) is 5.92 Å². The first-order chi connectivity index (χ1) is 7.57. The number of esters is 1. The molecule has 1 unspecified atom stereocenters. The molecule has 1 rings (SSSR count). The lowest BCUT2D eigenvalue weighted by atomic mass is 9.94. The van der Waals surface area contributed by atoms with Gasteiger partial charge in [-0.1, -0.05) is 30.3 Å². The summed E-state index contributed by atoms with van der Waals surface area (Å²) in [6, 6.07) is 8.20. The van der Waals surface area contributed by atoms with Crippen molar-refractivity contribution in [1.29, 1.82) is 0 Å². The molecule has 0 aliphatic carbocycles. The molecule has 0 aliphatic heterocycles. The third-order valence-electron chi connectivity index (χ3n) is 2.16. The normalized spacial score (nSPS) is 11.6. The zero-order valence-corrected chi connectivity index (χ0v) is 9.10. The highest BCUT2D eigenvalue weighted by Crippen LogP contribution is 2.11. The predicted molar refractivity (Wildman–Crippen MR) is 57.0 cm³/mol. The van der Waals surface area contributed by atoms with Crippen molar-refractivity contribution in [3.8, 4) is 0 Å². The molecule has 0 aromatic heterocycles. The minimum absolute atomic E-state index is 0.327. The first-order valence-corrected chi connectivity index (χ1v) is 4.75. The Bertz CT molecular complexity index is 408. The van der Waals surface area contributed by atoms with E-state index in [1.165, 1.54) is 6.92 Å². The van der Waals surface area contributed by atoms with Gasteiger partial charge in [0.1, 0.15) is 0 Å². The number of benzene rings is 1. The number of hydrogen-bond acceptors (Lipinski definition) is 4. The van der Waals surface area contributed by atoms with Crippen molar-refractivity contribution in [3.05, 3.63) is 35.9 Å². The molecule has 84 valence electrons. The molecule has 0 fully saturated rings. The van der Waals surface area contributed by atoms with Crippen molar-refractivity contribution in [2.75, 3.05) is 7.11 Å². The van der Waals surface area contributed by atoms with E-state index in [-0.39, 0.29) is 0 Å². The van der Waals surface area contributed by atoms with E-state index in [0.29, 0.717) is 5.56 Å². The van der Waals surface area contributed by atoms with E-state index in [1.54, 1.807) is 30.3 Å². The molecule has 0 bridgehead atoms. The molecule has 4 heteroatoms. The van der Waals surface area contributed by atoms with Crippen molar-refractivity contribution in [3.63, 3.8) is 0 Å². The quantitative estimate of drug-likeness (QED) is 0.435. The van der Waals surface area contributed by atoms with Crippen molar-refractivity contribution >= 4 is 17.5 Å². The van der Waals surface area contributed by atoms with Gasteiger partial charge in [-0.05, 0) is 6.92 Å². The van der Waals surface area contributed by atoms with Crippen LogP contribution in [0.25, 0.3) is 0 Å². The van der Waals surface area contributed by atoms with Gasteiger partial charge in [0, 0.05) is 5.56 Å². The molecular weight excluding hydrogens is 208 g/mol. The number of Topliss-reactive ketones (excluding diaryl/α,β-unsaturated/α-hetero) is 2. The average Bonchev–Trinajstić information content (AvgIpc) is 2.29. The third kappa shape index (κ3) is 2.53. The summed E-state index contributed by atoms with van der Waals surface area (Å²) < 4.78 is 4.44. The smallest absolute Gasteiger partial charge is 0.324 e. The van der Waals surface area contributed by atoms with Gasteiger partial charge >= 0.3 is 5.97 Å².